The minimum absolute atomic E-state index is 0.533. The predicted octanol–water partition coefficient (Wildman–Crippen LogP) is 2.91. The summed E-state index contributed by atoms with van der Waals surface area (Å²) in [7, 11) is 1.94. The Labute approximate surface area is 110 Å². The summed E-state index contributed by atoms with van der Waals surface area (Å²) in [6.45, 7) is 3.17. The van der Waals surface area contributed by atoms with Crippen LogP contribution in [0.15, 0.2) is 4.52 Å². The monoisotopic (exact) mass is 251 g/mol. The van der Waals surface area contributed by atoms with Crippen LogP contribution in [0, 0.1) is 5.92 Å². The van der Waals surface area contributed by atoms with Gasteiger partial charge in [0.05, 0.1) is 0 Å². The second-order valence-corrected chi connectivity index (χ2v) is 5.41. The highest BCUT2D eigenvalue weighted by Gasteiger charge is 2.25. The fraction of sp³-hybridized carbons (Fsp3) is 0.857. The van der Waals surface area contributed by atoms with Crippen molar-refractivity contribution in [3.05, 3.63) is 11.7 Å². The quantitative estimate of drug-likeness (QED) is 0.844. The number of hydrogen-bond acceptors (Lipinski definition) is 4. The van der Waals surface area contributed by atoms with Crippen molar-refractivity contribution in [2.75, 3.05) is 13.6 Å². The van der Waals surface area contributed by atoms with E-state index in [1.54, 1.807) is 0 Å². The van der Waals surface area contributed by atoms with E-state index in [2.05, 4.69) is 22.4 Å². The lowest BCUT2D eigenvalue weighted by Gasteiger charge is -2.26. The minimum atomic E-state index is 0.533. The van der Waals surface area contributed by atoms with Crippen molar-refractivity contribution < 1.29 is 4.52 Å². The average molecular weight is 251 g/mol. The normalized spacial score (nSPS) is 24.3. The lowest BCUT2D eigenvalue weighted by molar-refractivity contribution is 0.294. The van der Waals surface area contributed by atoms with Crippen molar-refractivity contribution in [3.63, 3.8) is 0 Å². The van der Waals surface area contributed by atoms with Crippen LogP contribution in [0.3, 0.4) is 0 Å². The number of likely N-dealkylation sites (N-methyl/N-ethyl adjacent to an activating group) is 1. The second kappa shape index (κ2) is 6.88. The van der Waals surface area contributed by atoms with Crippen LogP contribution in [0.2, 0.25) is 0 Å². The molecule has 1 aliphatic rings. The van der Waals surface area contributed by atoms with Gasteiger partial charge < -0.3 is 9.84 Å². The van der Waals surface area contributed by atoms with Gasteiger partial charge in [0.1, 0.15) is 0 Å². The molecule has 0 aromatic carbocycles. The van der Waals surface area contributed by atoms with E-state index >= 15 is 0 Å². The molecule has 0 spiro atoms. The molecule has 1 heterocycles. The van der Waals surface area contributed by atoms with Crippen molar-refractivity contribution in [1.29, 1.82) is 0 Å². The number of hydrogen-bond donors (Lipinski definition) is 1. The Morgan fingerprint density at radius 3 is 2.72 bits per heavy atom. The zero-order chi connectivity index (χ0) is 12.8. The largest absolute Gasteiger partial charge is 0.339 e. The highest BCUT2D eigenvalue weighted by atomic mass is 16.5. The number of nitrogens with zero attached hydrogens (tertiary/aromatic N) is 2. The van der Waals surface area contributed by atoms with Gasteiger partial charge >= 0.3 is 0 Å². The van der Waals surface area contributed by atoms with Gasteiger partial charge in [-0.3, -0.25) is 0 Å². The average Bonchev–Trinajstić information content (AvgIpc) is 2.86. The molecule has 1 fully saturated rings. The molecule has 1 N–H and O–H groups in total. The van der Waals surface area contributed by atoms with Gasteiger partial charge in [-0.05, 0) is 38.6 Å². The molecule has 2 rings (SSSR count). The summed E-state index contributed by atoms with van der Waals surface area (Å²) in [5, 5.41) is 7.25. The molecule has 0 amide bonds. The standard InChI is InChI=1S/C14H25N3O/c1-3-4-11-5-7-12(8-6-11)14-16-13(18-17-14)9-10-15-2/h11-12,15H,3-10H2,1-2H3. The Hall–Kier alpha value is -0.900. The van der Waals surface area contributed by atoms with Gasteiger partial charge in [-0.25, -0.2) is 0 Å². The minimum Gasteiger partial charge on any atom is -0.339 e. The van der Waals surface area contributed by atoms with Crippen LogP contribution in [0.25, 0.3) is 0 Å². The first kappa shape index (κ1) is 13.5. The summed E-state index contributed by atoms with van der Waals surface area (Å²) in [4.78, 5) is 4.52. The maximum atomic E-state index is 5.29. The smallest absolute Gasteiger partial charge is 0.227 e. The Bertz CT molecular complexity index is 343. The van der Waals surface area contributed by atoms with Crippen molar-refractivity contribution in [2.45, 2.75) is 57.8 Å². The van der Waals surface area contributed by atoms with E-state index in [-0.39, 0.29) is 0 Å². The third-order valence-corrected chi connectivity index (χ3v) is 3.98. The summed E-state index contributed by atoms with van der Waals surface area (Å²) in [5.74, 6) is 3.18. The molecule has 1 aromatic rings. The highest BCUT2D eigenvalue weighted by Crippen LogP contribution is 2.36. The Morgan fingerprint density at radius 2 is 2.06 bits per heavy atom. The lowest BCUT2D eigenvalue weighted by Crippen LogP contribution is -2.14. The van der Waals surface area contributed by atoms with E-state index in [0.29, 0.717) is 5.92 Å². The van der Waals surface area contributed by atoms with Gasteiger partial charge in [-0.15, -0.1) is 0 Å². The summed E-state index contributed by atoms with van der Waals surface area (Å²) in [6.07, 6.45) is 8.65. The molecule has 0 unspecified atom stereocenters. The first-order chi connectivity index (χ1) is 8.83. The predicted molar refractivity (Wildman–Crippen MR) is 71.5 cm³/mol. The first-order valence-electron chi connectivity index (χ1n) is 7.30. The highest BCUT2D eigenvalue weighted by molar-refractivity contribution is 4.98. The molecule has 4 heteroatoms. The zero-order valence-corrected chi connectivity index (χ0v) is 11.6. The first-order valence-corrected chi connectivity index (χ1v) is 7.30. The van der Waals surface area contributed by atoms with Crippen LogP contribution in [-0.2, 0) is 6.42 Å². The van der Waals surface area contributed by atoms with Crippen molar-refractivity contribution in [3.8, 4) is 0 Å². The summed E-state index contributed by atoms with van der Waals surface area (Å²) in [5.41, 5.74) is 0. The van der Waals surface area contributed by atoms with Crippen molar-refractivity contribution in [1.82, 2.24) is 15.5 Å². The molecule has 1 aliphatic carbocycles. The van der Waals surface area contributed by atoms with Crippen LogP contribution in [-0.4, -0.2) is 23.7 Å². The lowest BCUT2D eigenvalue weighted by atomic mass is 9.80. The van der Waals surface area contributed by atoms with Gasteiger partial charge in [-0.1, -0.05) is 24.9 Å². The second-order valence-electron chi connectivity index (χ2n) is 5.41. The third kappa shape index (κ3) is 3.55. The fourth-order valence-electron chi connectivity index (χ4n) is 2.88. The van der Waals surface area contributed by atoms with Crippen LogP contribution < -0.4 is 5.32 Å². The van der Waals surface area contributed by atoms with E-state index in [0.717, 1.165) is 30.6 Å². The molecule has 0 atom stereocenters. The van der Waals surface area contributed by atoms with Gasteiger partial charge in [0, 0.05) is 18.9 Å². The van der Waals surface area contributed by atoms with Crippen LogP contribution in [0.5, 0.6) is 0 Å². The molecule has 0 bridgehead atoms. The molecule has 0 saturated heterocycles. The molecular formula is C14H25N3O. The van der Waals surface area contributed by atoms with Crippen LogP contribution in [0.4, 0.5) is 0 Å². The van der Waals surface area contributed by atoms with E-state index in [1.165, 1.54) is 38.5 Å². The van der Waals surface area contributed by atoms with Gasteiger partial charge in [0.15, 0.2) is 5.82 Å². The number of aromatic nitrogens is 2. The maximum Gasteiger partial charge on any atom is 0.227 e. The molecular weight excluding hydrogens is 226 g/mol. The maximum absolute atomic E-state index is 5.29. The summed E-state index contributed by atoms with van der Waals surface area (Å²) < 4.78 is 5.29. The van der Waals surface area contributed by atoms with Gasteiger partial charge in [-0.2, -0.15) is 4.98 Å². The molecule has 102 valence electrons. The van der Waals surface area contributed by atoms with E-state index in [1.807, 2.05) is 7.05 Å². The summed E-state index contributed by atoms with van der Waals surface area (Å²) >= 11 is 0. The Morgan fingerprint density at radius 1 is 1.28 bits per heavy atom. The SMILES string of the molecule is CCCC1CCC(c2noc(CCNC)n2)CC1. The molecule has 1 aromatic heterocycles. The van der Waals surface area contributed by atoms with Gasteiger partial charge in [0.2, 0.25) is 5.89 Å². The van der Waals surface area contributed by atoms with E-state index < -0.39 is 0 Å². The fourth-order valence-corrected chi connectivity index (χ4v) is 2.88. The van der Waals surface area contributed by atoms with Crippen molar-refractivity contribution in [2.24, 2.45) is 5.92 Å². The van der Waals surface area contributed by atoms with Crippen LogP contribution in [0.1, 0.15) is 63.1 Å². The molecule has 0 aliphatic heterocycles. The van der Waals surface area contributed by atoms with E-state index in [9.17, 15) is 0 Å². The number of nitrogens with one attached hydrogen (secondary N) is 1. The molecule has 4 nitrogen and oxygen atoms in total. The van der Waals surface area contributed by atoms with Gasteiger partial charge in [0.25, 0.3) is 0 Å². The molecule has 18 heavy (non-hydrogen) atoms. The Kier molecular flexibility index (Phi) is 5.17. The molecule has 1 saturated carbocycles. The third-order valence-electron chi connectivity index (χ3n) is 3.98. The van der Waals surface area contributed by atoms with E-state index in [4.69, 9.17) is 4.52 Å². The summed E-state index contributed by atoms with van der Waals surface area (Å²) in [6, 6.07) is 0. The zero-order valence-electron chi connectivity index (χ0n) is 11.6. The molecule has 0 radical (unpaired) electrons. The Balaban J connectivity index is 1.83. The van der Waals surface area contributed by atoms with Crippen molar-refractivity contribution >= 4 is 0 Å². The van der Waals surface area contributed by atoms with Crippen LogP contribution >= 0.6 is 0 Å². The number of rotatable bonds is 6. The topological polar surface area (TPSA) is 51.0 Å².